The number of allylic oxidation sites excluding steroid dienone is 1. The Bertz CT molecular complexity index is 348. The highest BCUT2D eigenvalue weighted by Gasteiger charge is 2.18. The third-order valence-corrected chi connectivity index (χ3v) is 3.41. The summed E-state index contributed by atoms with van der Waals surface area (Å²) in [6.07, 6.45) is 2.74. The monoisotopic (exact) mass is 254 g/mol. The minimum atomic E-state index is -0.0615. The summed E-state index contributed by atoms with van der Waals surface area (Å²) in [5.74, 6) is 2.23. The fourth-order valence-corrected chi connectivity index (χ4v) is 1.54. The number of halogens is 1. The molecular formula is C14H19ClO2. The smallest absolute Gasteiger partial charge is 0.119 e. The first-order valence-corrected chi connectivity index (χ1v) is 6.13. The van der Waals surface area contributed by atoms with E-state index in [1.54, 1.807) is 7.11 Å². The van der Waals surface area contributed by atoms with Crippen LogP contribution < -0.4 is 9.47 Å². The van der Waals surface area contributed by atoms with Crippen LogP contribution >= 0.6 is 11.6 Å². The number of hydrogen-bond donors (Lipinski definition) is 0. The molecule has 0 amide bonds. The molecule has 1 unspecified atom stereocenters. The molecule has 0 fully saturated rings. The highest BCUT2D eigenvalue weighted by atomic mass is 35.5. The predicted octanol–water partition coefficient (Wildman–Crippen LogP) is 3.90. The Morgan fingerprint density at radius 1 is 1.29 bits per heavy atom. The van der Waals surface area contributed by atoms with Gasteiger partial charge in [0.15, 0.2) is 0 Å². The number of hydrogen-bond acceptors (Lipinski definition) is 2. The van der Waals surface area contributed by atoms with E-state index >= 15 is 0 Å². The number of rotatable bonds is 7. The van der Waals surface area contributed by atoms with Crippen LogP contribution in [0.2, 0.25) is 0 Å². The molecule has 0 aliphatic heterocycles. The SMILES string of the molecule is C=CC(C)(CCl)CCOc1ccc(OC)cc1. The second-order valence-corrected chi connectivity index (χ2v) is 4.53. The number of alkyl halides is 1. The highest BCUT2D eigenvalue weighted by Crippen LogP contribution is 2.25. The summed E-state index contributed by atoms with van der Waals surface area (Å²) in [5, 5.41) is 0. The molecule has 94 valence electrons. The molecule has 0 bridgehead atoms. The van der Waals surface area contributed by atoms with Crippen LogP contribution in [0.4, 0.5) is 0 Å². The van der Waals surface area contributed by atoms with Crippen molar-refractivity contribution in [2.24, 2.45) is 5.41 Å². The second kappa shape index (κ2) is 6.55. The third-order valence-electron chi connectivity index (χ3n) is 2.80. The second-order valence-electron chi connectivity index (χ2n) is 4.27. The van der Waals surface area contributed by atoms with Crippen LogP contribution in [0.25, 0.3) is 0 Å². The van der Waals surface area contributed by atoms with Crippen molar-refractivity contribution in [1.82, 2.24) is 0 Å². The van der Waals surface area contributed by atoms with Gasteiger partial charge in [0.25, 0.3) is 0 Å². The normalized spacial score (nSPS) is 13.8. The summed E-state index contributed by atoms with van der Waals surface area (Å²) in [4.78, 5) is 0. The fourth-order valence-electron chi connectivity index (χ4n) is 1.30. The maximum absolute atomic E-state index is 5.89. The molecule has 0 spiro atoms. The van der Waals surface area contributed by atoms with Crippen molar-refractivity contribution < 1.29 is 9.47 Å². The predicted molar refractivity (Wildman–Crippen MR) is 72.1 cm³/mol. The van der Waals surface area contributed by atoms with E-state index in [0.717, 1.165) is 17.9 Å². The van der Waals surface area contributed by atoms with Crippen LogP contribution in [0.1, 0.15) is 13.3 Å². The lowest BCUT2D eigenvalue weighted by atomic mass is 9.90. The van der Waals surface area contributed by atoms with E-state index in [-0.39, 0.29) is 5.41 Å². The molecule has 1 rings (SSSR count). The van der Waals surface area contributed by atoms with Gasteiger partial charge in [-0.15, -0.1) is 18.2 Å². The Morgan fingerprint density at radius 2 is 1.88 bits per heavy atom. The highest BCUT2D eigenvalue weighted by molar-refractivity contribution is 6.18. The number of ether oxygens (including phenoxy) is 2. The minimum absolute atomic E-state index is 0.0615. The van der Waals surface area contributed by atoms with Gasteiger partial charge in [-0.05, 0) is 30.7 Å². The number of methoxy groups -OCH3 is 1. The molecule has 17 heavy (non-hydrogen) atoms. The molecule has 0 N–H and O–H groups in total. The van der Waals surface area contributed by atoms with Gasteiger partial charge in [-0.3, -0.25) is 0 Å². The van der Waals surface area contributed by atoms with Gasteiger partial charge in [0.2, 0.25) is 0 Å². The first-order valence-electron chi connectivity index (χ1n) is 5.60. The average Bonchev–Trinajstić information content (AvgIpc) is 2.39. The van der Waals surface area contributed by atoms with Crippen molar-refractivity contribution in [3.8, 4) is 11.5 Å². The summed E-state index contributed by atoms with van der Waals surface area (Å²) >= 11 is 5.89. The topological polar surface area (TPSA) is 18.5 Å². The molecule has 1 aromatic rings. The zero-order valence-corrected chi connectivity index (χ0v) is 11.2. The van der Waals surface area contributed by atoms with E-state index < -0.39 is 0 Å². The van der Waals surface area contributed by atoms with Crippen LogP contribution in [0.15, 0.2) is 36.9 Å². The molecule has 0 aliphatic rings. The molecule has 0 aliphatic carbocycles. The lowest BCUT2D eigenvalue weighted by Crippen LogP contribution is -2.18. The Balaban J connectivity index is 2.42. The van der Waals surface area contributed by atoms with Gasteiger partial charge in [0, 0.05) is 11.3 Å². The first kappa shape index (κ1) is 13.9. The van der Waals surface area contributed by atoms with Gasteiger partial charge in [-0.2, -0.15) is 0 Å². The fraction of sp³-hybridized carbons (Fsp3) is 0.429. The first-order chi connectivity index (χ1) is 8.13. The van der Waals surface area contributed by atoms with Crippen molar-refractivity contribution in [2.45, 2.75) is 13.3 Å². The molecule has 0 heterocycles. The quantitative estimate of drug-likeness (QED) is 0.543. The number of benzene rings is 1. The molecular weight excluding hydrogens is 236 g/mol. The van der Waals surface area contributed by atoms with Crippen LogP contribution in [0, 0.1) is 5.41 Å². The molecule has 1 atom stereocenters. The summed E-state index contributed by atoms with van der Waals surface area (Å²) in [5.41, 5.74) is -0.0615. The zero-order valence-electron chi connectivity index (χ0n) is 10.4. The van der Waals surface area contributed by atoms with Crippen molar-refractivity contribution in [3.05, 3.63) is 36.9 Å². The van der Waals surface area contributed by atoms with Crippen molar-refractivity contribution in [2.75, 3.05) is 19.6 Å². The maximum atomic E-state index is 5.89. The van der Waals surface area contributed by atoms with Gasteiger partial charge in [-0.1, -0.05) is 13.0 Å². The van der Waals surface area contributed by atoms with Crippen molar-refractivity contribution in [1.29, 1.82) is 0 Å². The standard InChI is InChI=1S/C14H19ClO2/c1-4-14(2,11-15)9-10-17-13-7-5-12(16-3)6-8-13/h4-8H,1,9-11H2,2-3H3. The Labute approximate surface area is 108 Å². The van der Waals surface area contributed by atoms with Crippen LogP contribution in [0.3, 0.4) is 0 Å². The third kappa shape index (κ3) is 4.31. The van der Waals surface area contributed by atoms with E-state index in [1.165, 1.54) is 0 Å². The Hall–Kier alpha value is -1.15. The van der Waals surface area contributed by atoms with Crippen molar-refractivity contribution in [3.63, 3.8) is 0 Å². The van der Waals surface area contributed by atoms with Crippen LogP contribution in [-0.4, -0.2) is 19.6 Å². The summed E-state index contributed by atoms with van der Waals surface area (Å²) in [6, 6.07) is 7.54. The van der Waals surface area contributed by atoms with Gasteiger partial charge >= 0.3 is 0 Å². The molecule has 3 heteroatoms. The summed E-state index contributed by atoms with van der Waals surface area (Å²) in [7, 11) is 1.64. The lowest BCUT2D eigenvalue weighted by molar-refractivity contribution is 0.262. The lowest BCUT2D eigenvalue weighted by Gasteiger charge is -2.22. The molecule has 0 aromatic heterocycles. The van der Waals surface area contributed by atoms with Gasteiger partial charge in [-0.25, -0.2) is 0 Å². The van der Waals surface area contributed by atoms with Crippen molar-refractivity contribution >= 4 is 11.6 Å². The molecule has 2 nitrogen and oxygen atoms in total. The van der Waals surface area contributed by atoms with E-state index in [0.29, 0.717) is 12.5 Å². The molecule has 0 saturated heterocycles. The largest absolute Gasteiger partial charge is 0.497 e. The average molecular weight is 255 g/mol. The van der Waals surface area contributed by atoms with Gasteiger partial charge in [0.1, 0.15) is 11.5 Å². The molecule has 1 aromatic carbocycles. The Morgan fingerprint density at radius 3 is 2.35 bits per heavy atom. The van der Waals surface area contributed by atoms with Crippen LogP contribution in [0.5, 0.6) is 11.5 Å². The Kier molecular flexibility index (Phi) is 5.36. The molecule has 0 radical (unpaired) electrons. The van der Waals surface area contributed by atoms with E-state index in [9.17, 15) is 0 Å². The van der Waals surface area contributed by atoms with E-state index in [1.807, 2.05) is 30.3 Å². The van der Waals surface area contributed by atoms with E-state index in [2.05, 4.69) is 13.5 Å². The van der Waals surface area contributed by atoms with Crippen LogP contribution in [-0.2, 0) is 0 Å². The summed E-state index contributed by atoms with van der Waals surface area (Å²) < 4.78 is 10.7. The zero-order chi connectivity index (χ0) is 12.7. The summed E-state index contributed by atoms with van der Waals surface area (Å²) in [6.45, 7) is 6.50. The molecule has 0 saturated carbocycles. The van der Waals surface area contributed by atoms with Gasteiger partial charge < -0.3 is 9.47 Å². The van der Waals surface area contributed by atoms with E-state index in [4.69, 9.17) is 21.1 Å². The van der Waals surface area contributed by atoms with Gasteiger partial charge in [0.05, 0.1) is 13.7 Å². The minimum Gasteiger partial charge on any atom is -0.497 e. The maximum Gasteiger partial charge on any atom is 0.119 e.